The maximum atomic E-state index is 13.0. The van der Waals surface area contributed by atoms with Crippen LogP contribution in [0.4, 0.5) is 11.5 Å². The summed E-state index contributed by atoms with van der Waals surface area (Å²) in [5, 5.41) is 9.65. The Balaban J connectivity index is 2.44. The number of nitrogens with zero attached hydrogens (tertiary/aromatic N) is 2. The molecule has 0 bridgehead atoms. The lowest BCUT2D eigenvalue weighted by Gasteiger charge is -2.23. The van der Waals surface area contributed by atoms with E-state index in [1.165, 1.54) is 12.3 Å². The number of carbonyl (C=O) groups is 1. The highest BCUT2D eigenvalue weighted by molar-refractivity contribution is 7.92. The molecule has 2 N–H and O–H groups in total. The van der Waals surface area contributed by atoms with Gasteiger partial charge >= 0.3 is 5.97 Å². The number of anilines is 2. The Hall–Kier alpha value is -2.61. The standard InChI is InChI=1S/C21H29N3O4S/c1-6-8-9-24(7-2)20-18(21(25)26)12-17(13-22-20)23-29(27,28)19-15(4)10-14(3)11-16(19)5/h10-13,23H,6-9H2,1-5H3,(H,25,26). The molecular formula is C21H29N3O4S. The highest BCUT2D eigenvalue weighted by atomic mass is 32.2. The van der Waals surface area contributed by atoms with Gasteiger partial charge in [0.15, 0.2) is 0 Å². The van der Waals surface area contributed by atoms with Crippen LogP contribution >= 0.6 is 0 Å². The van der Waals surface area contributed by atoms with Gasteiger partial charge in [-0.1, -0.05) is 31.0 Å². The lowest BCUT2D eigenvalue weighted by atomic mass is 10.1. The Morgan fingerprint density at radius 3 is 2.28 bits per heavy atom. The average Bonchev–Trinajstić information content (AvgIpc) is 2.61. The van der Waals surface area contributed by atoms with Crippen molar-refractivity contribution in [1.29, 1.82) is 0 Å². The van der Waals surface area contributed by atoms with Gasteiger partial charge in [0.1, 0.15) is 11.4 Å². The van der Waals surface area contributed by atoms with Crippen molar-refractivity contribution in [3.8, 4) is 0 Å². The molecule has 0 atom stereocenters. The molecule has 7 nitrogen and oxygen atoms in total. The predicted molar refractivity (Wildman–Crippen MR) is 115 cm³/mol. The topological polar surface area (TPSA) is 99.6 Å². The molecule has 8 heteroatoms. The second-order valence-electron chi connectivity index (χ2n) is 7.17. The van der Waals surface area contributed by atoms with E-state index in [9.17, 15) is 18.3 Å². The number of unbranched alkanes of at least 4 members (excludes halogenated alkanes) is 1. The summed E-state index contributed by atoms with van der Waals surface area (Å²) in [7, 11) is -3.88. The zero-order chi connectivity index (χ0) is 21.8. The lowest BCUT2D eigenvalue weighted by Crippen LogP contribution is -2.27. The molecule has 2 rings (SSSR count). The number of rotatable bonds is 9. The third-order valence-corrected chi connectivity index (χ3v) is 6.37. The highest BCUT2D eigenvalue weighted by Crippen LogP contribution is 2.27. The molecule has 1 aromatic carbocycles. The van der Waals surface area contributed by atoms with E-state index in [-0.39, 0.29) is 16.1 Å². The van der Waals surface area contributed by atoms with Crippen molar-refractivity contribution in [2.75, 3.05) is 22.7 Å². The van der Waals surface area contributed by atoms with Crippen LogP contribution in [0.5, 0.6) is 0 Å². The van der Waals surface area contributed by atoms with Gasteiger partial charge in [0.05, 0.1) is 16.8 Å². The first-order chi connectivity index (χ1) is 13.6. The Labute approximate surface area is 172 Å². The van der Waals surface area contributed by atoms with E-state index in [4.69, 9.17) is 0 Å². The fraction of sp³-hybridized carbons (Fsp3) is 0.429. The lowest BCUT2D eigenvalue weighted by molar-refractivity contribution is 0.0697. The van der Waals surface area contributed by atoms with Crippen molar-refractivity contribution < 1.29 is 18.3 Å². The Kier molecular flexibility index (Phi) is 7.24. The number of aromatic carboxylic acids is 1. The number of carboxylic acid groups (broad SMARTS) is 1. The van der Waals surface area contributed by atoms with Gasteiger partial charge in [0.2, 0.25) is 0 Å². The van der Waals surface area contributed by atoms with Gasteiger partial charge in [-0.3, -0.25) is 4.72 Å². The van der Waals surface area contributed by atoms with Crippen LogP contribution < -0.4 is 9.62 Å². The molecule has 0 fully saturated rings. The number of aryl methyl sites for hydroxylation is 3. The first-order valence-corrected chi connectivity index (χ1v) is 11.2. The number of benzene rings is 1. The van der Waals surface area contributed by atoms with Crippen molar-refractivity contribution in [3.05, 3.63) is 46.6 Å². The summed E-state index contributed by atoms with van der Waals surface area (Å²) in [4.78, 5) is 18.2. The van der Waals surface area contributed by atoms with E-state index < -0.39 is 16.0 Å². The van der Waals surface area contributed by atoms with Crippen LogP contribution in [0.15, 0.2) is 29.3 Å². The monoisotopic (exact) mass is 419 g/mol. The fourth-order valence-corrected chi connectivity index (χ4v) is 4.97. The molecule has 0 saturated heterocycles. The van der Waals surface area contributed by atoms with Crippen LogP contribution in [-0.4, -0.2) is 37.6 Å². The number of hydrogen-bond donors (Lipinski definition) is 2. The molecule has 158 valence electrons. The smallest absolute Gasteiger partial charge is 0.339 e. The van der Waals surface area contributed by atoms with Crippen LogP contribution in [0, 0.1) is 20.8 Å². The molecule has 1 aromatic heterocycles. The molecule has 0 saturated carbocycles. The van der Waals surface area contributed by atoms with Crippen molar-refractivity contribution in [1.82, 2.24) is 4.98 Å². The maximum Gasteiger partial charge on any atom is 0.339 e. The predicted octanol–water partition coefficient (Wildman–Crippen LogP) is 4.13. The third-order valence-electron chi connectivity index (χ3n) is 4.69. The van der Waals surface area contributed by atoms with Gasteiger partial charge < -0.3 is 10.0 Å². The van der Waals surface area contributed by atoms with Crippen molar-refractivity contribution in [3.63, 3.8) is 0 Å². The van der Waals surface area contributed by atoms with E-state index in [2.05, 4.69) is 16.6 Å². The second-order valence-corrected chi connectivity index (χ2v) is 8.79. The number of pyridine rings is 1. The summed E-state index contributed by atoms with van der Waals surface area (Å²) in [5.41, 5.74) is 2.34. The zero-order valence-electron chi connectivity index (χ0n) is 17.6. The largest absolute Gasteiger partial charge is 0.478 e. The van der Waals surface area contributed by atoms with Crippen LogP contribution in [0.1, 0.15) is 53.7 Å². The number of aromatic nitrogens is 1. The Morgan fingerprint density at radius 1 is 1.14 bits per heavy atom. The number of hydrogen-bond acceptors (Lipinski definition) is 5. The summed E-state index contributed by atoms with van der Waals surface area (Å²) < 4.78 is 28.4. The summed E-state index contributed by atoms with van der Waals surface area (Å²) in [6.45, 7) is 10.7. The molecule has 0 unspecified atom stereocenters. The molecule has 0 amide bonds. The summed E-state index contributed by atoms with van der Waals surface area (Å²) in [5.74, 6) is -0.801. The fourth-order valence-electron chi connectivity index (χ4n) is 3.48. The van der Waals surface area contributed by atoms with Gasteiger partial charge in [-0.15, -0.1) is 0 Å². The number of nitrogens with one attached hydrogen (secondary N) is 1. The number of sulfonamides is 1. The minimum absolute atomic E-state index is 0.0273. The summed E-state index contributed by atoms with van der Waals surface area (Å²) >= 11 is 0. The first kappa shape index (κ1) is 22.7. The van der Waals surface area contributed by atoms with Crippen LogP contribution in [0.2, 0.25) is 0 Å². The third kappa shape index (κ3) is 5.26. The zero-order valence-corrected chi connectivity index (χ0v) is 18.4. The summed E-state index contributed by atoms with van der Waals surface area (Å²) in [6, 6.07) is 4.94. The van der Waals surface area contributed by atoms with Gasteiger partial charge in [-0.05, 0) is 51.3 Å². The van der Waals surface area contributed by atoms with Gasteiger partial charge in [0.25, 0.3) is 10.0 Å². The normalized spacial score (nSPS) is 11.3. The van der Waals surface area contributed by atoms with Gasteiger partial charge in [0, 0.05) is 13.1 Å². The van der Waals surface area contributed by atoms with E-state index in [1.807, 2.05) is 18.7 Å². The van der Waals surface area contributed by atoms with E-state index >= 15 is 0 Å². The van der Waals surface area contributed by atoms with E-state index in [0.29, 0.717) is 30.0 Å². The molecule has 2 aromatic rings. The van der Waals surface area contributed by atoms with Gasteiger partial charge in [-0.25, -0.2) is 18.2 Å². The van der Waals surface area contributed by atoms with Crippen LogP contribution in [0.3, 0.4) is 0 Å². The minimum Gasteiger partial charge on any atom is -0.478 e. The van der Waals surface area contributed by atoms with Crippen molar-refractivity contribution >= 4 is 27.5 Å². The number of carboxylic acids is 1. The molecule has 29 heavy (non-hydrogen) atoms. The van der Waals surface area contributed by atoms with Crippen molar-refractivity contribution in [2.45, 2.75) is 52.4 Å². The van der Waals surface area contributed by atoms with E-state index in [0.717, 1.165) is 18.4 Å². The minimum atomic E-state index is -3.88. The molecule has 0 aliphatic carbocycles. The molecular weight excluding hydrogens is 390 g/mol. The van der Waals surface area contributed by atoms with Crippen LogP contribution in [-0.2, 0) is 10.0 Å². The molecule has 1 heterocycles. The molecule has 0 spiro atoms. The average molecular weight is 420 g/mol. The maximum absolute atomic E-state index is 13.0. The highest BCUT2D eigenvalue weighted by Gasteiger charge is 2.23. The Morgan fingerprint density at radius 2 is 1.76 bits per heavy atom. The van der Waals surface area contributed by atoms with Crippen LogP contribution in [0.25, 0.3) is 0 Å². The van der Waals surface area contributed by atoms with Crippen molar-refractivity contribution in [2.24, 2.45) is 0 Å². The van der Waals surface area contributed by atoms with E-state index in [1.54, 1.807) is 26.0 Å². The molecule has 0 aliphatic heterocycles. The SMILES string of the molecule is CCCCN(CC)c1ncc(NS(=O)(=O)c2c(C)cc(C)cc2C)cc1C(=O)O. The molecule has 0 aliphatic rings. The summed E-state index contributed by atoms with van der Waals surface area (Å²) in [6.07, 6.45) is 3.26. The van der Waals surface area contributed by atoms with Gasteiger partial charge in [-0.2, -0.15) is 0 Å². The second kappa shape index (κ2) is 9.26. The molecule has 0 radical (unpaired) electrons. The quantitative estimate of drug-likeness (QED) is 0.634. The Bertz CT molecular complexity index is 980. The first-order valence-electron chi connectivity index (χ1n) is 9.69.